The second-order valence-corrected chi connectivity index (χ2v) is 13.2. The first-order valence-electron chi connectivity index (χ1n) is 13.4. The number of fused-ring (bicyclic) bond motifs is 1. The van der Waals surface area contributed by atoms with Gasteiger partial charge in [0, 0.05) is 35.6 Å². The molecular weight excluding hydrogens is 551 g/mol. The molecule has 0 aliphatic carbocycles. The van der Waals surface area contributed by atoms with Crippen LogP contribution in [0.3, 0.4) is 0 Å². The molecule has 1 unspecified atom stereocenters. The van der Waals surface area contributed by atoms with Crippen LogP contribution in [0.1, 0.15) is 57.7 Å². The molecule has 0 bridgehead atoms. The van der Waals surface area contributed by atoms with Crippen LogP contribution in [-0.2, 0) is 15.1 Å². The summed E-state index contributed by atoms with van der Waals surface area (Å²) in [6.07, 6.45) is 1.51. The quantitative estimate of drug-likeness (QED) is 0.406. The van der Waals surface area contributed by atoms with Gasteiger partial charge < -0.3 is 10.2 Å². The van der Waals surface area contributed by atoms with E-state index in [0.29, 0.717) is 21.4 Å². The third-order valence-electron chi connectivity index (χ3n) is 8.77. The smallest absolute Gasteiger partial charge is 0.354 e. The van der Waals surface area contributed by atoms with E-state index in [4.69, 9.17) is 28.2 Å². The van der Waals surface area contributed by atoms with Gasteiger partial charge >= 0.3 is 5.91 Å². The molecule has 0 radical (unpaired) electrons. The van der Waals surface area contributed by atoms with Crippen molar-refractivity contribution >= 4 is 51.9 Å². The molecule has 6 nitrogen and oxygen atoms in total. The van der Waals surface area contributed by atoms with Crippen molar-refractivity contribution in [2.24, 2.45) is 10.9 Å². The summed E-state index contributed by atoms with van der Waals surface area (Å²) in [6, 6.07) is 15.1. The van der Waals surface area contributed by atoms with E-state index in [1.807, 2.05) is 55.6 Å². The molecule has 3 heterocycles. The van der Waals surface area contributed by atoms with Crippen LogP contribution in [0.4, 0.5) is 0 Å². The third-order valence-corrected chi connectivity index (χ3v) is 10.3. The van der Waals surface area contributed by atoms with Crippen LogP contribution in [0.2, 0.25) is 10.0 Å². The number of likely N-dealkylation sites (tertiary alicyclic amines) is 1. The Labute approximate surface area is 245 Å². The highest BCUT2D eigenvalue weighted by Gasteiger charge is 2.59. The van der Waals surface area contributed by atoms with Crippen LogP contribution >= 0.6 is 35.0 Å². The molecule has 3 aliphatic rings. The van der Waals surface area contributed by atoms with E-state index in [-0.39, 0.29) is 34.3 Å². The number of rotatable bonds is 5. The van der Waals surface area contributed by atoms with Gasteiger partial charge in [-0.05, 0) is 66.9 Å². The number of amides is 2. The Morgan fingerprint density at radius 3 is 2.23 bits per heavy atom. The summed E-state index contributed by atoms with van der Waals surface area (Å²) < 4.78 is 0.0689. The fourth-order valence-electron chi connectivity index (χ4n) is 6.41. The molecule has 0 saturated carbocycles. The zero-order valence-electron chi connectivity index (χ0n) is 23.2. The first kappa shape index (κ1) is 28.2. The van der Waals surface area contributed by atoms with Crippen LogP contribution in [0.15, 0.2) is 64.1 Å². The molecule has 9 heteroatoms. The maximum absolute atomic E-state index is 14.5. The van der Waals surface area contributed by atoms with Crippen molar-refractivity contribution in [1.82, 2.24) is 10.2 Å². The minimum absolute atomic E-state index is 0.0116. The van der Waals surface area contributed by atoms with E-state index in [1.54, 1.807) is 7.05 Å². The Morgan fingerprint density at radius 1 is 1.08 bits per heavy atom. The van der Waals surface area contributed by atoms with Gasteiger partial charge in [-0.2, -0.15) is 0 Å². The molecule has 206 valence electrons. The lowest BCUT2D eigenvalue weighted by Gasteiger charge is -2.38. The second kappa shape index (κ2) is 10.3. The molecule has 0 aromatic heterocycles. The summed E-state index contributed by atoms with van der Waals surface area (Å²) >= 11 is 14.0. The third kappa shape index (κ3) is 4.42. The Hall–Kier alpha value is -2.32. The van der Waals surface area contributed by atoms with Gasteiger partial charge in [0.1, 0.15) is 10.4 Å². The van der Waals surface area contributed by atoms with Crippen molar-refractivity contribution < 1.29 is 14.1 Å². The number of hydrogen-bond acceptors (Lipinski definition) is 5. The summed E-state index contributed by atoms with van der Waals surface area (Å²) in [5, 5.41) is 4.92. The van der Waals surface area contributed by atoms with E-state index >= 15 is 0 Å². The number of amidine groups is 1. The van der Waals surface area contributed by atoms with Gasteiger partial charge in [-0.3, -0.25) is 4.79 Å². The highest BCUT2D eigenvalue weighted by molar-refractivity contribution is 8.18. The number of likely N-dealkylation sites (N-methyl/N-ethyl adjacent to an activating group) is 2. The summed E-state index contributed by atoms with van der Waals surface area (Å²) in [7, 11) is 3.56. The molecule has 2 aromatic rings. The highest BCUT2D eigenvalue weighted by atomic mass is 35.5. The van der Waals surface area contributed by atoms with Crippen LogP contribution in [0.25, 0.3) is 0 Å². The number of nitrogens with zero attached hydrogens (tertiary/aromatic N) is 3. The van der Waals surface area contributed by atoms with Gasteiger partial charge in [-0.15, -0.1) is 0 Å². The molecule has 5 rings (SSSR count). The number of nitrogens with one attached hydrogen (secondary N) is 1. The maximum Gasteiger partial charge on any atom is 0.355 e. The van der Waals surface area contributed by atoms with Crippen LogP contribution in [0.5, 0.6) is 0 Å². The Balaban J connectivity index is 1.66. The van der Waals surface area contributed by atoms with E-state index in [0.717, 1.165) is 28.4 Å². The van der Waals surface area contributed by atoms with Crippen LogP contribution in [-0.4, -0.2) is 52.5 Å². The Morgan fingerprint density at radius 2 is 1.67 bits per heavy atom. The first-order valence-corrected chi connectivity index (χ1v) is 15.0. The Kier molecular flexibility index (Phi) is 7.42. The van der Waals surface area contributed by atoms with Crippen molar-refractivity contribution in [1.29, 1.82) is 0 Å². The molecule has 2 amide bonds. The van der Waals surface area contributed by atoms with Gasteiger partial charge in [0.05, 0.1) is 19.1 Å². The van der Waals surface area contributed by atoms with Gasteiger partial charge in [0.25, 0.3) is 5.91 Å². The number of thioether (sulfide) groups is 1. The topological polar surface area (TPSA) is 61.8 Å². The average Bonchev–Trinajstić information content (AvgIpc) is 3.52. The number of quaternary nitrogens is 1. The number of halogens is 2. The molecule has 0 spiro atoms. The number of carbonyl (C=O) groups is 2. The zero-order chi connectivity index (χ0) is 28.3. The number of benzene rings is 2. The van der Waals surface area contributed by atoms with E-state index < -0.39 is 11.6 Å². The van der Waals surface area contributed by atoms with Crippen LogP contribution < -0.4 is 5.32 Å². The highest BCUT2D eigenvalue weighted by Crippen LogP contribution is 2.57. The minimum atomic E-state index is -0.625. The largest absolute Gasteiger partial charge is 0.355 e. The number of allylic oxidation sites excluding steroid dienone is 1. The van der Waals surface area contributed by atoms with E-state index in [9.17, 15) is 9.59 Å². The summed E-state index contributed by atoms with van der Waals surface area (Å²) in [4.78, 5) is 35.6. The first-order chi connectivity index (χ1) is 18.4. The standard InChI is InChI=1S/C30H34Cl2N4O2S/c1-17(2)24-25(28(38)36(6)18(3)7-16-23(36)27(37)33-5)39-29-34-30(4,20-10-14-22(32)15-11-20)26(35(24)29)19-8-12-21(31)13-9-19/h8-15,17-18,23,26H,7,16H2,1-6H3/p+1/t18-,23-,26+,30-,36?/m0/s1. The molecular formula is C30H35Cl2N4O2S+. The predicted octanol–water partition coefficient (Wildman–Crippen LogP) is 6.51. The van der Waals surface area contributed by atoms with Crippen LogP contribution in [0, 0.1) is 5.92 Å². The van der Waals surface area contributed by atoms with Gasteiger partial charge in [-0.25, -0.2) is 14.3 Å². The average molecular weight is 587 g/mol. The summed E-state index contributed by atoms with van der Waals surface area (Å²) in [5.41, 5.74) is 2.42. The fourth-order valence-corrected chi connectivity index (χ4v) is 8.10. The lowest BCUT2D eigenvalue weighted by molar-refractivity contribution is -0.857. The molecule has 5 atom stereocenters. The van der Waals surface area contributed by atoms with Crippen molar-refractivity contribution in [3.8, 4) is 0 Å². The molecule has 1 fully saturated rings. The summed E-state index contributed by atoms with van der Waals surface area (Å²) in [5.74, 6) is -0.0472. The van der Waals surface area contributed by atoms with E-state index in [1.165, 1.54) is 11.8 Å². The lowest BCUT2D eigenvalue weighted by Crippen LogP contribution is -2.61. The maximum atomic E-state index is 14.5. The van der Waals surface area contributed by atoms with E-state index in [2.05, 4.69) is 37.9 Å². The lowest BCUT2D eigenvalue weighted by atomic mass is 9.81. The molecule has 1 saturated heterocycles. The normalized spacial score (nSPS) is 30.1. The SMILES string of the molecule is CNC(=O)[C@@H]1CC[C@H](C)[N+]1(C)C(=O)C1=C(C(C)C)N2C(=N[C@@](C)(c3ccc(Cl)cc3)[C@H]2c2ccc(Cl)cc2)S1. The predicted molar refractivity (Wildman–Crippen MR) is 159 cm³/mol. The fraction of sp³-hybridized carbons (Fsp3) is 0.433. The Bertz CT molecular complexity index is 1370. The molecule has 2 aromatic carbocycles. The summed E-state index contributed by atoms with van der Waals surface area (Å²) in [6.45, 7) is 8.45. The number of aliphatic imine (C=N–C) groups is 1. The van der Waals surface area contributed by atoms with Crippen molar-refractivity contribution in [2.45, 2.75) is 64.2 Å². The van der Waals surface area contributed by atoms with Crippen molar-refractivity contribution in [3.63, 3.8) is 0 Å². The molecule has 1 N–H and O–H groups in total. The minimum Gasteiger partial charge on any atom is -0.354 e. The zero-order valence-corrected chi connectivity index (χ0v) is 25.5. The molecule has 39 heavy (non-hydrogen) atoms. The number of carbonyl (C=O) groups excluding carboxylic acids is 2. The van der Waals surface area contributed by atoms with Gasteiger partial charge in [0.15, 0.2) is 11.2 Å². The van der Waals surface area contributed by atoms with Gasteiger partial charge in [-0.1, -0.05) is 61.3 Å². The second-order valence-electron chi connectivity index (χ2n) is 11.4. The monoisotopic (exact) mass is 585 g/mol. The number of hydrogen-bond donors (Lipinski definition) is 1. The van der Waals surface area contributed by atoms with Crippen molar-refractivity contribution in [2.75, 3.05) is 14.1 Å². The molecule has 3 aliphatic heterocycles. The van der Waals surface area contributed by atoms with Gasteiger partial charge in [0.2, 0.25) is 0 Å². The van der Waals surface area contributed by atoms with Crippen molar-refractivity contribution in [3.05, 3.63) is 80.3 Å².